The van der Waals surface area contributed by atoms with Gasteiger partial charge in [-0.1, -0.05) is 0 Å². The van der Waals surface area contributed by atoms with Gasteiger partial charge in [-0.3, -0.25) is 9.69 Å². The highest BCUT2D eigenvalue weighted by molar-refractivity contribution is 7.89. The van der Waals surface area contributed by atoms with Crippen LogP contribution < -0.4 is 10.2 Å². The van der Waals surface area contributed by atoms with Crippen molar-refractivity contribution in [2.75, 3.05) is 57.0 Å². The van der Waals surface area contributed by atoms with E-state index in [1.807, 2.05) is 17.2 Å². The Morgan fingerprint density at radius 1 is 1.19 bits per heavy atom. The number of H-pyrrole nitrogens is 1. The molecule has 1 amide bonds. The lowest BCUT2D eigenvalue weighted by molar-refractivity contribution is -0.117. The Bertz CT molecular complexity index is 1240. The summed E-state index contributed by atoms with van der Waals surface area (Å²) in [6.45, 7) is 2.89. The number of nitrogens with one attached hydrogen (secondary N) is 2. The first-order chi connectivity index (χ1) is 15.3. The second-order valence-corrected chi connectivity index (χ2v) is 9.80. The van der Waals surface area contributed by atoms with Crippen LogP contribution in [0.15, 0.2) is 41.7 Å². The minimum Gasteiger partial charge on any atom is -0.353 e. The van der Waals surface area contributed by atoms with Crippen molar-refractivity contribution in [1.82, 2.24) is 24.2 Å². The largest absolute Gasteiger partial charge is 0.353 e. The molecule has 1 aromatic carbocycles. The first-order valence-electron chi connectivity index (χ1n) is 10.0. The van der Waals surface area contributed by atoms with Crippen molar-refractivity contribution >= 4 is 38.5 Å². The zero-order valence-corrected chi connectivity index (χ0v) is 18.6. The number of fused-ring (bicyclic) bond motifs is 1. The summed E-state index contributed by atoms with van der Waals surface area (Å²) in [6.07, 6.45) is 3.36. The van der Waals surface area contributed by atoms with Crippen LogP contribution in [0.5, 0.6) is 0 Å². The number of carbonyl (C=O) groups excluding carboxylic acids is 1. The first kappa shape index (κ1) is 22.1. The maximum atomic E-state index is 14.3. The van der Waals surface area contributed by atoms with Gasteiger partial charge in [0.1, 0.15) is 28.5 Å². The van der Waals surface area contributed by atoms with Crippen LogP contribution in [0, 0.1) is 5.82 Å². The van der Waals surface area contributed by atoms with Crippen molar-refractivity contribution in [2.24, 2.45) is 0 Å². The molecule has 1 fully saturated rings. The number of halogens is 1. The molecule has 3 aromatic rings. The normalized spacial score (nSPS) is 15.4. The SMILES string of the molecule is CN(C)S(=O)(=O)c1ccc(NC(=O)CN2CCN(c3ncnc4[nH]ccc34)CC2)cc1F. The highest BCUT2D eigenvalue weighted by atomic mass is 32.2. The molecule has 10 nitrogen and oxygen atoms in total. The highest BCUT2D eigenvalue weighted by Gasteiger charge is 2.24. The molecule has 1 aliphatic rings. The summed E-state index contributed by atoms with van der Waals surface area (Å²) in [5.41, 5.74) is 0.994. The van der Waals surface area contributed by atoms with E-state index < -0.39 is 20.7 Å². The Kier molecular flexibility index (Phi) is 6.09. The van der Waals surface area contributed by atoms with Gasteiger partial charge in [-0.15, -0.1) is 0 Å². The smallest absolute Gasteiger partial charge is 0.245 e. The van der Waals surface area contributed by atoms with Crippen molar-refractivity contribution in [3.8, 4) is 0 Å². The second-order valence-electron chi connectivity index (χ2n) is 7.68. The summed E-state index contributed by atoms with van der Waals surface area (Å²) >= 11 is 0. The average Bonchev–Trinajstić information content (AvgIpc) is 3.23. The van der Waals surface area contributed by atoms with Crippen LogP contribution in [-0.4, -0.2) is 85.3 Å². The molecule has 1 aliphatic heterocycles. The maximum Gasteiger partial charge on any atom is 0.245 e. The van der Waals surface area contributed by atoms with Crippen LogP contribution in [0.25, 0.3) is 11.0 Å². The zero-order valence-electron chi connectivity index (χ0n) is 17.7. The molecular formula is C20H24FN7O3S. The fourth-order valence-electron chi connectivity index (χ4n) is 3.62. The zero-order chi connectivity index (χ0) is 22.9. The summed E-state index contributed by atoms with van der Waals surface area (Å²) in [5.74, 6) is -0.342. The standard InChI is InChI=1S/C20H24FN7O3S/c1-26(2)32(30,31)17-4-3-14(11-16(17)21)25-18(29)12-27-7-9-28(10-8-27)20-15-5-6-22-19(15)23-13-24-20/h3-6,11,13H,7-10,12H2,1-2H3,(H,25,29)(H,22,23,24). The van der Waals surface area contributed by atoms with E-state index in [4.69, 9.17) is 0 Å². The number of benzene rings is 1. The Labute approximate surface area is 185 Å². The predicted octanol–water partition coefficient (Wildman–Crippen LogP) is 1.11. The number of amides is 1. The highest BCUT2D eigenvalue weighted by Crippen LogP contribution is 2.23. The molecule has 0 aliphatic carbocycles. The lowest BCUT2D eigenvalue weighted by atomic mass is 10.2. The van der Waals surface area contributed by atoms with Crippen molar-refractivity contribution in [3.05, 3.63) is 42.6 Å². The molecular weight excluding hydrogens is 437 g/mol. The van der Waals surface area contributed by atoms with E-state index in [0.717, 1.165) is 33.3 Å². The summed E-state index contributed by atoms with van der Waals surface area (Å²) < 4.78 is 39.5. The van der Waals surface area contributed by atoms with Crippen molar-refractivity contribution in [2.45, 2.75) is 4.90 Å². The van der Waals surface area contributed by atoms with Crippen molar-refractivity contribution in [1.29, 1.82) is 0 Å². The second kappa shape index (κ2) is 8.81. The average molecular weight is 462 g/mol. The Balaban J connectivity index is 1.34. The predicted molar refractivity (Wildman–Crippen MR) is 118 cm³/mol. The molecule has 3 heterocycles. The van der Waals surface area contributed by atoms with Gasteiger partial charge in [0.25, 0.3) is 0 Å². The summed E-state index contributed by atoms with van der Waals surface area (Å²) in [4.78, 5) is 27.8. The van der Waals surface area contributed by atoms with E-state index in [1.165, 1.54) is 26.5 Å². The molecule has 4 rings (SSSR count). The summed E-state index contributed by atoms with van der Waals surface area (Å²) in [6, 6.07) is 5.50. The summed E-state index contributed by atoms with van der Waals surface area (Å²) in [5, 5.41) is 3.59. The number of hydrogen-bond donors (Lipinski definition) is 2. The Morgan fingerprint density at radius 2 is 1.94 bits per heavy atom. The third-order valence-electron chi connectivity index (χ3n) is 5.35. The Morgan fingerprint density at radius 3 is 2.62 bits per heavy atom. The number of nitrogens with zero attached hydrogens (tertiary/aromatic N) is 5. The van der Waals surface area contributed by atoms with E-state index in [1.54, 1.807) is 0 Å². The van der Waals surface area contributed by atoms with Gasteiger partial charge in [-0.05, 0) is 24.3 Å². The monoisotopic (exact) mass is 461 g/mol. The van der Waals surface area contributed by atoms with Crippen molar-refractivity contribution < 1.29 is 17.6 Å². The molecule has 1 saturated heterocycles. The minimum absolute atomic E-state index is 0.149. The molecule has 0 atom stereocenters. The molecule has 0 bridgehead atoms. The van der Waals surface area contributed by atoms with E-state index >= 15 is 0 Å². The molecule has 0 spiro atoms. The molecule has 170 valence electrons. The molecule has 0 radical (unpaired) electrons. The number of aromatic amines is 1. The van der Waals surface area contributed by atoms with Gasteiger partial charge in [0.05, 0.1) is 11.9 Å². The lowest BCUT2D eigenvalue weighted by Crippen LogP contribution is -2.49. The lowest BCUT2D eigenvalue weighted by Gasteiger charge is -2.35. The van der Waals surface area contributed by atoms with Gasteiger partial charge >= 0.3 is 0 Å². The van der Waals surface area contributed by atoms with Gasteiger partial charge in [0.15, 0.2) is 0 Å². The molecule has 32 heavy (non-hydrogen) atoms. The topological polar surface area (TPSA) is 115 Å². The van der Waals surface area contributed by atoms with Crippen LogP contribution in [-0.2, 0) is 14.8 Å². The number of anilines is 2. The maximum absolute atomic E-state index is 14.3. The first-order valence-corrected chi connectivity index (χ1v) is 11.5. The van der Waals surface area contributed by atoms with E-state index in [-0.39, 0.29) is 18.1 Å². The number of aromatic nitrogens is 3. The van der Waals surface area contributed by atoms with Gasteiger partial charge in [0.2, 0.25) is 15.9 Å². The molecule has 0 unspecified atom stereocenters. The van der Waals surface area contributed by atoms with Crippen LogP contribution in [0.4, 0.5) is 15.9 Å². The van der Waals surface area contributed by atoms with Gasteiger partial charge in [-0.2, -0.15) is 0 Å². The third kappa shape index (κ3) is 4.42. The summed E-state index contributed by atoms with van der Waals surface area (Å²) in [7, 11) is -1.23. The van der Waals surface area contributed by atoms with Crippen molar-refractivity contribution in [3.63, 3.8) is 0 Å². The minimum atomic E-state index is -3.89. The van der Waals surface area contributed by atoms with Gasteiger partial charge in [0, 0.05) is 52.2 Å². The number of carbonyl (C=O) groups is 1. The number of rotatable bonds is 6. The van der Waals surface area contributed by atoms with E-state index in [2.05, 4.69) is 25.2 Å². The molecule has 2 N–H and O–H groups in total. The van der Waals surface area contributed by atoms with Crippen LogP contribution in [0.1, 0.15) is 0 Å². The van der Waals surface area contributed by atoms with E-state index in [9.17, 15) is 17.6 Å². The number of sulfonamides is 1. The third-order valence-corrected chi connectivity index (χ3v) is 7.19. The van der Waals surface area contributed by atoms with Crippen LogP contribution >= 0.6 is 0 Å². The van der Waals surface area contributed by atoms with Gasteiger partial charge < -0.3 is 15.2 Å². The van der Waals surface area contributed by atoms with Gasteiger partial charge in [-0.25, -0.2) is 27.1 Å². The van der Waals surface area contributed by atoms with Crippen LogP contribution in [0.2, 0.25) is 0 Å². The Hall–Kier alpha value is -3.09. The molecule has 2 aromatic heterocycles. The molecule has 12 heteroatoms. The fraction of sp³-hybridized carbons (Fsp3) is 0.350. The van der Waals surface area contributed by atoms with Crippen LogP contribution in [0.3, 0.4) is 0 Å². The molecule has 0 saturated carbocycles. The van der Waals surface area contributed by atoms with E-state index in [0.29, 0.717) is 26.2 Å². The number of hydrogen-bond acceptors (Lipinski definition) is 7. The quantitative estimate of drug-likeness (QED) is 0.565. The number of piperazine rings is 1. The fourth-order valence-corrected chi connectivity index (χ4v) is 4.56.